The molecular formula is C20H19ClF2N4O3S. The minimum absolute atomic E-state index is 0.161. The van der Waals surface area contributed by atoms with Gasteiger partial charge in [-0.25, -0.2) is 17.5 Å². The number of halogens is 3. The first-order valence-corrected chi connectivity index (χ1v) is 11.7. The summed E-state index contributed by atoms with van der Waals surface area (Å²) in [7, 11) is -3.19. The van der Waals surface area contributed by atoms with Crippen molar-refractivity contribution in [2.75, 3.05) is 31.1 Å². The van der Waals surface area contributed by atoms with E-state index >= 15 is 0 Å². The van der Waals surface area contributed by atoms with Crippen molar-refractivity contribution in [2.24, 2.45) is 0 Å². The molecule has 1 saturated heterocycles. The van der Waals surface area contributed by atoms with Crippen molar-refractivity contribution in [3.63, 3.8) is 0 Å². The van der Waals surface area contributed by atoms with Crippen molar-refractivity contribution in [1.82, 2.24) is 14.1 Å². The predicted molar refractivity (Wildman–Crippen MR) is 113 cm³/mol. The molecule has 0 radical (unpaired) electrons. The topological polar surface area (TPSA) is 78.7 Å². The van der Waals surface area contributed by atoms with Gasteiger partial charge in [-0.15, -0.1) is 0 Å². The van der Waals surface area contributed by atoms with E-state index in [0.29, 0.717) is 36.7 Å². The van der Waals surface area contributed by atoms with Gasteiger partial charge < -0.3 is 10.0 Å². The zero-order valence-electron chi connectivity index (χ0n) is 16.3. The molecule has 164 valence electrons. The Labute approximate surface area is 182 Å². The summed E-state index contributed by atoms with van der Waals surface area (Å²) >= 11 is 6.53. The van der Waals surface area contributed by atoms with Crippen LogP contribution in [-0.4, -0.2) is 59.0 Å². The summed E-state index contributed by atoms with van der Waals surface area (Å²) in [4.78, 5) is 2.03. The zero-order chi connectivity index (χ0) is 21.9. The monoisotopic (exact) mass is 468 g/mol. The molecule has 2 aliphatic rings. The molecule has 0 amide bonds. The number of hydrogen-bond donors (Lipinski definition) is 1. The highest BCUT2D eigenvalue weighted by molar-refractivity contribution is 7.90. The Morgan fingerprint density at radius 1 is 1.06 bits per heavy atom. The van der Waals surface area contributed by atoms with Gasteiger partial charge in [0.2, 0.25) is 10.0 Å². The number of rotatable bonds is 4. The summed E-state index contributed by atoms with van der Waals surface area (Å²) in [5, 5.41) is 14.8. The van der Waals surface area contributed by atoms with E-state index < -0.39 is 27.4 Å². The lowest BCUT2D eigenvalue weighted by atomic mass is 10.2. The number of phenolic OH excluding ortho intramolecular Hbond substituents is 1. The first-order chi connectivity index (χ1) is 14.8. The highest BCUT2D eigenvalue weighted by atomic mass is 35.5. The largest absolute Gasteiger partial charge is 0.505 e. The van der Waals surface area contributed by atoms with E-state index in [1.807, 2.05) is 11.0 Å². The summed E-state index contributed by atoms with van der Waals surface area (Å²) in [6.07, 6.45) is 3.05. The molecule has 1 aliphatic heterocycles. The van der Waals surface area contributed by atoms with Gasteiger partial charge in [-0.3, -0.25) is 0 Å². The van der Waals surface area contributed by atoms with Gasteiger partial charge in [0.05, 0.1) is 33.4 Å². The molecule has 1 saturated carbocycles. The van der Waals surface area contributed by atoms with Crippen LogP contribution in [0.25, 0.3) is 16.6 Å². The second kappa shape index (κ2) is 7.32. The predicted octanol–water partition coefficient (Wildman–Crippen LogP) is 3.28. The van der Waals surface area contributed by atoms with Crippen LogP contribution in [0.5, 0.6) is 5.75 Å². The number of aromatic nitrogens is 2. The van der Waals surface area contributed by atoms with E-state index in [-0.39, 0.29) is 10.9 Å². The van der Waals surface area contributed by atoms with E-state index in [1.54, 1.807) is 16.6 Å². The number of fused-ring (bicyclic) bond motifs is 1. The number of phenols is 1. The molecule has 2 fully saturated rings. The molecule has 1 aromatic heterocycles. The van der Waals surface area contributed by atoms with E-state index in [2.05, 4.69) is 5.10 Å². The summed E-state index contributed by atoms with van der Waals surface area (Å²) in [5.41, 5.74) is 1.48. The fourth-order valence-electron chi connectivity index (χ4n) is 3.93. The highest BCUT2D eigenvalue weighted by Gasteiger charge is 2.41. The second-order valence-corrected chi connectivity index (χ2v) is 10.4. The normalized spacial score (nSPS) is 18.1. The van der Waals surface area contributed by atoms with Crippen LogP contribution < -0.4 is 4.90 Å². The van der Waals surface area contributed by atoms with Crippen molar-refractivity contribution in [1.29, 1.82) is 0 Å². The molecule has 31 heavy (non-hydrogen) atoms. The number of nitrogens with zero attached hydrogens (tertiary/aromatic N) is 4. The first kappa shape index (κ1) is 20.5. The van der Waals surface area contributed by atoms with E-state index in [0.717, 1.165) is 36.0 Å². The average Bonchev–Trinajstić information content (AvgIpc) is 3.53. The van der Waals surface area contributed by atoms with Gasteiger partial charge >= 0.3 is 0 Å². The maximum absolute atomic E-state index is 13.7. The Bertz CT molecular complexity index is 1260. The zero-order valence-corrected chi connectivity index (χ0v) is 17.9. The Balaban J connectivity index is 1.43. The third kappa shape index (κ3) is 3.52. The van der Waals surface area contributed by atoms with Crippen LogP contribution in [0.1, 0.15) is 12.8 Å². The molecule has 3 aromatic rings. The van der Waals surface area contributed by atoms with E-state index in [9.17, 15) is 22.3 Å². The Morgan fingerprint density at radius 3 is 2.42 bits per heavy atom. The molecule has 2 aromatic carbocycles. The smallest absolute Gasteiger partial charge is 0.217 e. The van der Waals surface area contributed by atoms with Crippen LogP contribution >= 0.6 is 11.6 Å². The maximum atomic E-state index is 13.7. The van der Waals surface area contributed by atoms with Gasteiger partial charge in [0.1, 0.15) is 0 Å². The van der Waals surface area contributed by atoms with Crippen molar-refractivity contribution < 1.29 is 22.3 Å². The van der Waals surface area contributed by atoms with Crippen LogP contribution in [0.2, 0.25) is 5.02 Å². The molecule has 5 rings (SSSR count). The standard InChI is InChI=1S/C20H19ClF2N4O3S/c21-15-10-17-12(11-24-27(17)13-8-16(22)20(23)19(28)9-13)7-18(15)25-3-5-26(6-4-25)31(29,30)14-1-2-14/h7-11,14,28H,1-6H2. The van der Waals surface area contributed by atoms with Gasteiger partial charge in [0, 0.05) is 43.7 Å². The number of anilines is 1. The molecule has 0 atom stereocenters. The van der Waals surface area contributed by atoms with Crippen LogP contribution in [0, 0.1) is 11.6 Å². The minimum Gasteiger partial charge on any atom is -0.505 e. The highest BCUT2D eigenvalue weighted by Crippen LogP contribution is 2.35. The quantitative estimate of drug-likeness (QED) is 0.635. The second-order valence-electron chi connectivity index (χ2n) is 7.81. The Morgan fingerprint density at radius 2 is 1.77 bits per heavy atom. The molecule has 0 unspecified atom stereocenters. The molecule has 7 nitrogen and oxygen atoms in total. The Hall–Kier alpha value is -2.43. The number of aromatic hydroxyl groups is 1. The van der Waals surface area contributed by atoms with Gasteiger partial charge in [0.25, 0.3) is 0 Å². The maximum Gasteiger partial charge on any atom is 0.217 e. The molecule has 1 N–H and O–H groups in total. The lowest BCUT2D eigenvalue weighted by Gasteiger charge is -2.35. The van der Waals surface area contributed by atoms with Crippen LogP contribution in [0.3, 0.4) is 0 Å². The third-order valence-corrected chi connectivity index (χ3v) is 8.46. The minimum atomic E-state index is -3.19. The van der Waals surface area contributed by atoms with Crippen molar-refractivity contribution in [2.45, 2.75) is 18.1 Å². The average molecular weight is 469 g/mol. The van der Waals surface area contributed by atoms with Gasteiger partial charge in [-0.05, 0) is 25.0 Å². The van der Waals surface area contributed by atoms with Crippen LogP contribution in [0.15, 0.2) is 30.5 Å². The fourth-order valence-corrected chi connectivity index (χ4v) is 6.03. The van der Waals surface area contributed by atoms with Gasteiger partial charge in [-0.2, -0.15) is 13.8 Å². The van der Waals surface area contributed by atoms with Crippen LogP contribution in [-0.2, 0) is 10.0 Å². The summed E-state index contributed by atoms with van der Waals surface area (Å²) < 4.78 is 55.0. The molecular weight excluding hydrogens is 450 g/mol. The van der Waals surface area contributed by atoms with Gasteiger partial charge in [-0.1, -0.05) is 11.6 Å². The number of sulfonamides is 1. The SMILES string of the molecule is O=S(=O)(C1CC1)N1CCN(c2cc3cnn(-c4cc(O)c(F)c(F)c4)c3cc2Cl)CC1. The van der Waals surface area contributed by atoms with E-state index in [1.165, 1.54) is 4.68 Å². The summed E-state index contributed by atoms with van der Waals surface area (Å²) in [6, 6.07) is 5.55. The molecule has 0 spiro atoms. The molecule has 0 bridgehead atoms. The lowest BCUT2D eigenvalue weighted by molar-refractivity contribution is 0.384. The Kier molecular flexibility index (Phi) is 4.83. The van der Waals surface area contributed by atoms with E-state index in [4.69, 9.17) is 11.6 Å². The summed E-state index contributed by atoms with van der Waals surface area (Å²) in [6.45, 7) is 1.84. The molecule has 2 heterocycles. The first-order valence-electron chi connectivity index (χ1n) is 9.85. The van der Waals surface area contributed by atoms with Crippen molar-refractivity contribution >= 4 is 38.2 Å². The molecule has 1 aliphatic carbocycles. The number of benzene rings is 2. The number of piperazine rings is 1. The molecule has 11 heteroatoms. The van der Waals surface area contributed by atoms with Gasteiger partial charge in [0.15, 0.2) is 17.4 Å². The lowest BCUT2D eigenvalue weighted by Crippen LogP contribution is -2.49. The van der Waals surface area contributed by atoms with Crippen molar-refractivity contribution in [3.8, 4) is 11.4 Å². The summed E-state index contributed by atoms with van der Waals surface area (Å²) in [5.74, 6) is -3.30. The number of hydrogen-bond acceptors (Lipinski definition) is 5. The third-order valence-electron chi connectivity index (χ3n) is 5.76. The van der Waals surface area contributed by atoms with Crippen molar-refractivity contribution in [3.05, 3.63) is 47.1 Å². The fraction of sp³-hybridized carbons (Fsp3) is 0.350. The van der Waals surface area contributed by atoms with Crippen LogP contribution in [0.4, 0.5) is 14.5 Å².